The van der Waals surface area contributed by atoms with Gasteiger partial charge in [0.15, 0.2) is 5.75 Å². The molecule has 3 heterocycles. The summed E-state index contributed by atoms with van der Waals surface area (Å²) in [5, 5.41) is 21.3. The number of aromatic amines is 1. The lowest BCUT2D eigenvalue weighted by Gasteiger charge is -2.29. The molecule has 4 rings (SSSR count). The summed E-state index contributed by atoms with van der Waals surface area (Å²) in [7, 11) is -4.17. The van der Waals surface area contributed by atoms with Gasteiger partial charge in [0.25, 0.3) is 5.56 Å². The molecule has 2 aliphatic rings. The number of benzene rings is 1. The number of terminal acetylenes is 1. The number of nitrogens with zero attached hydrogens (tertiary/aromatic N) is 1. The Morgan fingerprint density at radius 2 is 2.13 bits per heavy atom. The Bertz CT molecular complexity index is 1170. The van der Waals surface area contributed by atoms with Crippen LogP contribution < -0.4 is 15.8 Å². The van der Waals surface area contributed by atoms with Crippen LogP contribution >= 0.6 is 19.8 Å². The van der Waals surface area contributed by atoms with Crippen molar-refractivity contribution in [1.82, 2.24) is 9.55 Å². The van der Waals surface area contributed by atoms with Gasteiger partial charge < -0.3 is 14.9 Å². The van der Waals surface area contributed by atoms with E-state index >= 15 is 0 Å². The van der Waals surface area contributed by atoms with Gasteiger partial charge in [-0.1, -0.05) is 22.0 Å². The van der Waals surface area contributed by atoms with Gasteiger partial charge in [-0.2, -0.15) is 4.89 Å². The standard InChI is InChI=1S/C18H16ClN2O9P/c1-2-10-8-21(17(23)20-16(10)22)15-6-5-14(28-15)18(24,25)30-31(26)27-9-11-7-12(19)3-4-13(11)29-31/h1,3-4,7-8,14-15,24-26H,5-6,9H2/p+1. The van der Waals surface area contributed by atoms with Gasteiger partial charge >= 0.3 is 19.8 Å². The molecule has 0 amide bonds. The number of nitrogens with one attached hydrogen (secondary N) is 1. The molecule has 1 aromatic carbocycles. The lowest BCUT2D eigenvalue weighted by Crippen LogP contribution is -2.45. The van der Waals surface area contributed by atoms with Crippen molar-refractivity contribution in [2.24, 2.45) is 0 Å². The summed E-state index contributed by atoms with van der Waals surface area (Å²) >= 11 is 5.90. The van der Waals surface area contributed by atoms with Crippen molar-refractivity contribution in [3.05, 3.63) is 61.4 Å². The second-order valence-corrected chi connectivity index (χ2v) is 8.84. The normalized spacial score (nSPS) is 25.5. The molecule has 0 bridgehead atoms. The molecule has 0 aliphatic carbocycles. The van der Waals surface area contributed by atoms with E-state index in [2.05, 4.69) is 10.9 Å². The Labute approximate surface area is 180 Å². The maximum atomic E-state index is 12.1. The Kier molecular flexibility index (Phi) is 5.68. The minimum Gasteiger partial charge on any atom is -0.346 e. The molecule has 0 spiro atoms. The summed E-state index contributed by atoms with van der Waals surface area (Å²) in [6, 6.07) is 4.58. The van der Waals surface area contributed by atoms with E-state index in [-0.39, 0.29) is 30.8 Å². The predicted molar refractivity (Wildman–Crippen MR) is 107 cm³/mol. The van der Waals surface area contributed by atoms with E-state index in [9.17, 15) is 24.7 Å². The zero-order chi connectivity index (χ0) is 22.4. The average Bonchev–Trinajstić information content (AvgIpc) is 3.19. The summed E-state index contributed by atoms with van der Waals surface area (Å²) in [5.74, 6) is -0.649. The minimum absolute atomic E-state index is 0.0286. The first kappa shape index (κ1) is 22.0. The van der Waals surface area contributed by atoms with Crippen LogP contribution in [0.15, 0.2) is 34.0 Å². The zero-order valence-corrected chi connectivity index (χ0v) is 17.4. The van der Waals surface area contributed by atoms with Crippen LogP contribution in [-0.4, -0.2) is 36.7 Å². The fourth-order valence-corrected chi connectivity index (χ4v) is 4.75. The van der Waals surface area contributed by atoms with Gasteiger partial charge in [-0.25, -0.2) is 4.79 Å². The summed E-state index contributed by atoms with van der Waals surface area (Å²) in [6.45, 7) is -0.133. The lowest BCUT2D eigenvalue weighted by molar-refractivity contribution is -0.351. The van der Waals surface area contributed by atoms with Crippen molar-refractivity contribution >= 4 is 19.8 Å². The fraction of sp³-hybridized carbons (Fsp3) is 0.333. The molecule has 3 unspecified atom stereocenters. The zero-order valence-electron chi connectivity index (χ0n) is 15.7. The van der Waals surface area contributed by atoms with E-state index in [4.69, 9.17) is 36.3 Å². The van der Waals surface area contributed by atoms with Crippen LogP contribution in [0.4, 0.5) is 0 Å². The number of rotatable bonds is 4. The van der Waals surface area contributed by atoms with Crippen LogP contribution in [0.5, 0.6) is 5.75 Å². The lowest BCUT2D eigenvalue weighted by atomic mass is 10.2. The molecular formula is C18H17ClN2O9P+. The molecule has 2 aromatic rings. The highest BCUT2D eigenvalue weighted by Gasteiger charge is 2.60. The number of H-pyrrole nitrogens is 1. The highest BCUT2D eigenvalue weighted by Crippen LogP contribution is 2.63. The molecule has 4 N–H and O–H groups in total. The third-order valence-corrected chi connectivity index (χ3v) is 6.34. The molecule has 164 valence electrons. The van der Waals surface area contributed by atoms with Crippen LogP contribution in [0.25, 0.3) is 0 Å². The van der Waals surface area contributed by atoms with Crippen molar-refractivity contribution < 1.29 is 33.4 Å². The van der Waals surface area contributed by atoms with Gasteiger partial charge in [0.1, 0.15) is 24.5 Å². The first-order chi connectivity index (χ1) is 14.6. The van der Waals surface area contributed by atoms with Crippen LogP contribution in [0.3, 0.4) is 0 Å². The Morgan fingerprint density at radius 1 is 1.35 bits per heavy atom. The molecule has 0 saturated carbocycles. The molecule has 11 nitrogen and oxygen atoms in total. The fourth-order valence-electron chi connectivity index (χ4n) is 3.23. The third kappa shape index (κ3) is 4.39. The molecular weight excluding hydrogens is 455 g/mol. The number of hydrogen-bond donors (Lipinski definition) is 4. The SMILES string of the molecule is C#Cc1cn(C2CCC(C(O)(O)O[P+]3(O)OCc4cc(Cl)ccc4O3)O2)c(=O)[nH]c1=O. The van der Waals surface area contributed by atoms with Gasteiger partial charge in [-0.05, 0) is 31.0 Å². The molecule has 1 saturated heterocycles. The van der Waals surface area contributed by atoms with E-state index in [1.165, 1.54) is 12.1 Å². The van der Waals surface area contributed by atoms with Crippen LogP contribution in [0.2, 0.25) is 5.02 Å². The summed E-state index contributed by atoms with van der Waals surface area (Å²) in [5.41, 5.74) is -1.05. The highest BCUT2D eigenvalue weighted by molar-refractivity contribution is 7.55. The number of halogens is 1. The van der Waals surface area contributed by atoms with Crippen LogP contribution in [0.1, 0.15) is 30.2 Å². The number of hydrogen-bond acceptors (Lipinski definition) is 9. The number of ether oxygens (including phenoxy) is 1. The number of fused-ring (bicyclic) bond motifs is 1. The van der Waals surface area contributed by atoms with Crippen molar-refractivity contribution in [2.45, 2.75) is 37.8 Å². The van der Waals surface area contributed by atoms with Crippen molar-refractivity contribution in [1.29, 1.82) is 0 Å². The molecule has 3 atom stereocenters. The van der Waals surface area contributed by atoms with Crippen molar-refractivity contribution in [3.63, 3.8) is 0 Å². The Morgan fingerprint density at radius 3 is 2.87 bits per heavy atom. The van der Waals surface area contributed by atoms with Gasteiger partial charge in [0, 0.05) is 16.8 Å². The monoisotopic (exact) mass is 471 g/mol. The van der Waals surface area contributed by atoms with E-state index in [1.807, 2.05) is 0 Å². The molecule has 13 heteroatoms. The quantitative estimate of drug-likeness (QED) is 0.288. The molecule has 1 fully saturated rings. The Hall–Kier alpha value is -2.26. The van der Waals surface area contributed by atoms with E-state index in [1.54, 1.807) is 6.07 Å². The second kappa shape index (κ2) is 8.02. The summed E-state index contributed by atoms with van der Waals surface area (Å²) < 4.78 is 22.1. The van der Waals surface area contributed by atoms with Crippen LogP contribution in [-0.2, 0) is 20.4 Å². The molecule has 1 aromatic heterocycles. The van der Waals surface area contributed by atoms with Gasteiger partial charge in [0.05, 0.1) is 0 Å². The van der Waals surface area contributed by atoms with Crippen molar-refractivity contribution in [3.8, 4) is 18.1 Å². The molecule has 0 radical (unpaired) electrons. The molecule has 31 heavy (non-hydrogen) atoms. The van der Waals surface area contributed by atoms with Gasteiger partial charge in [-0.15, -0.1) is 10.9 Å². The smallest absolute Gasteiger partial charge is 0.346 e. The third-order valence-electron chi connectivity index (χ3n) is 4.72. The minimum atomic E-state index is -4.17. The average molecular weight is 472 g/mol. The predicted octanol–water partition coefficient (Wildman–Crippen LogP) is 0.783. The van der Waals surface area contributed by atoms with Gasteiger partial charge in [0.2, 0.25) is 0 Å². The largest absolute Gasteiger partial charge is 0.625 e. The maximum absolute atomic E-state index is 12.1. The first-order valence-electron chi connectivity index (χ1n) is 8.97. The van der Waals surface area contributed by atoms with E-state index < -0.39 is 37.7 Å². The first-order valence-corrected chi connectivity index (χ1v) is 10.8. The second-order valence-electron chi connectivity index (χ2n) is 6.85. The van der Waals surface area contributed by atoms with E-state index in [0.717, 1.165) is 10.8 Å². The van der Waals surface area contributed by atoms with E-state index in [0.29, 0.717) is 10.6 Å². The molecule has 2 aliphatic heterocycles. The number of aromatic nitrogens is 2. The number of aliphatic hydroxyl groups is 2. The maximum Gasteiger partial charge on any atom is 0.625 e. The topological polar surface area (TPSA) is 152 Å². The van der Waals surface area contributed by atoms with Gasteiger partial charge in [-0.3, -0.25) is 18.9 Å². The van der Waals surface area contributed by atoms with Crippen molar-refractivity contribution in [2.75, 3.05) is 0 Å². The summed E-state index contributed by atoms with van der Waals surface area (Å²) in [4.78, 5) is 36.3. The van der Waals surface area contributed by atoms with Crippen LogP contribution in [0, 0.1) is 12.3 Å². The Balaban J connectivity index is 1.49. The summed E-state index contributed by atoms with van der Waals surface area (Å²) in [6.07, 6.45) is 4.22. The highest BCUT2D eigenvalue weighted by atomic mass is 35.5.